The van der Waals surface area contributed by atoms with Crippen LogP contribution in [-0.2, 0) is 4.79 Å². The number of hydrogen-bond donors (Lipinski definition) is 1. The minimum absolute atomic E-state index is 0.00252. The largest absolute Gasteiger partial charge is 0.424 e. The van der Waals surface area contributed by atoms with Crippen LogP contribution in [0.4, 0.5) is 5.69 Å². The Hall–Kier alpha value is -1.82. The number of carbonyl (C=O) groups excluding carboxylic acids is 1. The topological polar surface area (TPSA) is 68.0 Å². The second-order valence-electron chi connectivity index (χ2n) is 4.03. The molecule has 0 aliphatic rings. The van der Waals surface area contributed by atoms with Gasteiger partial charge in [-0.05, 0) is 19.1 Å². The van der Waals surface area contributed by atoms with Gasteiger partial charge in [-0.3, -0.25) is 4.79 Å². The molecule has 1 atom stereocenters. The van der Waals surface area contributed by atoms with E-state index in [4.69, 9.17) is 4.42 Å². The van der Waals surface area contributed by atoms with Gasteiger partial charge in [0.15, 0.2) is 0 Å². The highest BCUT2D eigenvalue weighted by Gasteiger charge is 2.14. The molecule has 5 nitrogen and oxygen atoms in total. The molecule has 1 aromatic heterocycles. The quantitative estimate of drug-likeness (QED) is 0.910. The fourth-order valence-corrected chi connectivity index (χ4v) is 2.18. The van der Waals surface area contributed by atoms with E-state index < -0.39 is 0 Å². The van der Waals surface area contributed by atoms with Crippen molar-refractivity contribution in [2.45, 2.75) is 19.1 Å². The molecule has 0 radical (unpaired) electrons. The minimum atomic E-state index is -0.0423. The average molecular weight is 277 g/mol. The molecule has 1 N–H and O–H groups in total. The molecule has 0 fully saturated rings. The number of benzene rings is 1. The highest BCUT2D eigenvalue weighted by molar-refractivity contribution is 8.00. The van der Waals surface area contributed by atoms with Crippen molar-refractivity contribution in [1.82, 2.24) is 10.2 Å². The second-order valence-corrected chi connectivity index (χ2v) is 5.36. The Morgan fingerprint density at radius 3 is 2.74 bits per heavy atom. The first-order valence-electron chi connectivity index (χ1n) is 5.91. The lowest BCUT2D eigenvalue weighted by atomic mass is 10.3. The van der Waals surface area contributed by atoms with Gasteiger partial charge < -0.3 is 9.73 Å². The average Bonchev–Trinajstić information content (AvgIpc) is 2.84. The van der Waals surface area contributed by atoms with Crippen LogP contribution in [0.2, 0.25) is 0 Å². The molecule has 6 heteroatoms. The van der Waals surface area contributed by atoms with Crippen molar-refractivity contribution >= 4 is 23.4 Å². The third-order valence-corrected chi connectivity index (χ3v) is 3.54. The molecule has 0 saturated heterocycles. The molecular formula is C13H15N3O2S. The number of hydrogen-bond acceptors (Lipinski definition) is 5. The molecule has 0 saturated carbocycles. The molecular weight excluding hydrogens is 262 g/mol. The van der Waals surface area contributed by atoms with Crippen LogP contribution in [-0.4, -0.2) is 21.9 Å². The van der Waals surface area contributed by atoms with Crippen molar-refractivity contribution in [2.24, 2.45) is 0 Å². The SMILES string of the molecule is Cc1nnc([C@H](C)SCC(=O)Nc2ccccc2)o1. The van der Waals surface area contributed by atoms with Crippen LogP contribution in [0.15, 0.2) is 34.7 Å². The first-order valence-corrected chi connectivity index (χ1v) is 6.96. The minimum Gasteiger partial charge on any atom is -0.424 e. The Kier molecular flexibility index (Phi) is 4.57. The summed E-state index contributed by atoms with van der Waals surface area (Å²) in [6.07, 6.45) is 0. The van der Waals surface area contributed by atoms with Crippen LogP contribution in [0, 0.1) is 6.92 Å². The van der Waals surface area contributed by atoms with Gasteiger partial charge >= 0.3 is 0 Å². The number of carbonyl (C=O) groups is 1. The summed E-state index contributed by atoms with van der Waals surface area (Å²) in [4.78, 5) is 11.8. The zero-order valence-corrected chi connectivity index (χ0v) is 11.6. The van der Waals surface area contributed by atoms with E-state index in [2.05, 4.69) is 15.5 Å². The van der Waals surface area contributed by atoms with Crippen LogP contribution in [0.25, 0.3) is 0 Å². The van der Waals surface area contributed by atoms with Crippen LogP contribution >= 0.6 is 11.8 Å². The number of nitrogens with one attached hydrogen (secondary N) is 1. The van der Waals surface area contributed by atoms with Crippen molar-refractivity contribution in [1.29, 1.82) is 0 Å². The molecule has 1 heterocycles. The summed E-state index contributed by atoms with van der Waals surface area (Å²) in [6.45, 7) is 3.68. The van der Waals surface area contributed by atoms with E-state index in [0.29, 0.717) is 17.5 Å². The number of rotatable bonds is 5. The van der Waals surface area contributed by atoms with E-state index in [1.807, 2.05) is 37.3 Å². The summed E-state index contributed by atoms with van der Waals surface area (Å²) in [5.41, 5.74) is 0.800. The second kappa shape index (κ2) is 6.38. The van der Waals surface area contributed by atoms with Gasteiger partial charge in [-0.15, -0.1) is 22.0 Å². The van der Waals surface area contributed by atoms with Crippen molar-refractivity contribution < 1.29 is 9.21 Å². The van der Waals surface area contributed by atoms with Gasteiger partial charge in [-0.2, -0.15) is 0 Å². The normalized spacial score (nSPS) is 12.1. The Labute approximate surface area is 115 Å². The Morgan fingerprint density at radius 1 is 1.37 bits per heavy atom. The predicted molar refractivity (Wildman–Crippen MR) is 75.0 cm³/mol. The highest BCUT2D eigenvalue weighted by Crippen LogP contribution is 2.26. The van der Waals surface area contributed by atoms with E-state index in [1.165, 1.54) is 11.8 Å². The standard InChI is InChI=1S/C13H15N3O2S/c1-9(13-16-15-10(2)18-13)19-8-12(17)14-11-6-4-3-5-7-11/h3-7,9H,8H2,1-2H3,(H,14,17)/t9-/m0/s1. The summed E-state index contributed by atoms with van der Waals surface area (Å²) < 4.78 is 5.32. The fourth-order valence-electron chi connectivity index (χ4n) is 1.47. The maximum Gasteiger partial charge on any atom is 0.234 e. The van der Waals surface area contributed by atoms with Crippen LogP contribution < -0.4 is 5.32 Å². The highest BCUT2D eigenvalue weighted by atomic mass is 32.2. The number of thioether (sulfide) groups is 1. The molecule has 2 aromatic rings. The maximum absolute atomic E-state index is 11.8. The van der Waals surface area contributed by atoms with Gasteiger partial charge in [0, 0.05) is 12.6 Å². The first-order chi connectivity index (χ1) is 9.15. The van der Waals surface area contributed by atoms with E-state index in [0.717, 1.165) is 5.69 Å². The molecule has 19 heavy (non-hydrogen) atoms. The fraction of sp³-hybridized carbons (Fsp3) is 0.308. The van der Waals surface area contributed by atoms with Gasteiger partial charge in [0.05, 0.1) is 11.0 Å². The smallest absolute Gasteiger partial charge is 0.234 e. The summed E-state index contributed by atoms with van der Waals surface area (Å²) in [5, 5.41) is 10.5. The third-order valence-electron chi connectivity index (χ3n) is 2.41. The molecule has 0 aliphatic heterocycles. The van der Waals surface area contributed by atoms with E-state index in [9.17, 15) is 4.79 Å². The van der Waals surface area contributed by atoms with Crippen LogP contribution in [0.5, 0.6) is 0 Å². The molecule has 2 rings (SSSR count). The van der Waals surface area contributed by atoms with Gasteiger partial charge in [0.25, 0.3) is 0 Å². The summed E-state index contributed by atoms with van der Waals surface area (Å²) in [6, 6.07) is 9.38. The zero-order chi connectivity index (χ0) is 13.7. The lowest BCUT2D eigenvalue weighted by molar-refractivity contribution is -0.113. The van der Waals surface area contributed by atoms with Crippen molar-refractivity contribution in [2.75, 3.05) is 11.1 Å². The Morgan fingerprint density at radius 2 is 2.11 bits per heavy atom. The summed E-state index contributed by atoms with van der Waals surface area (Å²) in [5.74, 6) is 1.39. The van der Waals surface area contributed by atoms with E-state index in [-0.39, 0.29) is 11.2 Å². The van der Waals surface area contributed by atoms with Crippen LogP contribution in [0.1, 0.15) is 24.0 Å². The zero-order valence-electron chi connectivity index (χ0n) is 10.8. The number of para-hydroxylation sites is 1. The van der Waals surface area contributed by atoms with Crippen molar-refractivity contribution in [3.8, 4) is 0 Å². The summed E-state index contributed by atoms with van der Waals surface area (Å²) in [7, 11) is 0. The van der Waals surface area contributed by atoms with E-state index in [1.54, 1.807) is 6.92 Å². The molecule has 0 bridgehead atoms. The molecule has 1 amide bonds. The predicted octanol–water partition coefficient (Wildman–Crippen LogP) is 2.81. The number of aromatic nitrogens is 2. The third kappa shape index (κ3) is 4.10. The number of aryl methyl sites for hydroxylation is 1. The van der Waals surface area contributed by atoms with E-state index >= 15 is 0 Å². The van der Waals surface area contributed by atoms with Gasteiger partial charge in [-0.25, -0.2) is 0 Å². The first kappa shape index (κ1) is 13.6. The number of nitrogens with zero attached hydrogens (tertiary/aromatic N) is 2. The van der Waals surface area contributed by atoms with Crippen molar-refractivity contribution in [3.05, 3.63) is 42.1 Å². The monoisotopic (exact) mass is 277 g/mol. The molecule has 0 spiro atoms. The van der Waals surface area contributed by atoms with Crippen molar-refractivity contribution in [3.63, 3.8) is 0 Å². The Balaban J connectivity index is 1.80. The Bertz CT molecular complexity index is 542. The lowest BCUT2D eigenvalue weighted by Gasteiger charge is -2.07. The number of amides is 1. The summed E-state index contributed by atoms with van der Waals surface area (Å²) >= 11 is 1.46. The molecule has 1 aromatic carbocycles. The van der Waals surface area contributed by atoms with Gasteiger partial charge in [0.2, 0.25) is 17.7 Å². The molecule has 100 valence electrons. The molecule has 0 unspecified atom stereocenters. The van der Waals surface area contributed by atoms with Crippen LogP contribution in [0.3, 0.4) is 0 Å². The van der Waals surface area contributed by atoms with Gasteiger partial charge in [-0.1, -0.05) is 18.2 Å². The van der Waals surface area contributed by atoms with Gasteiger partial charge in [0.1, 0.15) is 0 Å². The number of anilines is 1. The molecule has 0 aliphatic carbocycles. The maximum atomic E-state index is 11.8. The lowest BCUT2D eigenvalue weighted by Crippen LogP contribution is -2.14.